The molecule has 8 nitrogen and oxygen atoms in total. The fourth-order valence-corrected chi connectivity index (χ4v) is 5.52. The van der Waals surface area contributed by atoms with E-state index >= 15 is 4.39 Å². The smallest absolute Gasteiger partial charge is 0.387 e. The first-order chi connectivity index (χ1) is 18.2. The topological polar surface area (TPSA) is 96.0 Å². The van der Waals surface area contributed by atoms with E-state index in [2.05, 4.69) is 19.9 Å². The third-order valence-electron chi connectivity index (χ3n) is 7.58. The van der Waals surface area contributed by atoms with Crippen molar-refractivity contribution >= 4 is 5.65 Å². The van der Waals surface area contributed by atoms with Crippen LogP contribution in [0, 0.1) is 5.82 Å². The molecule has 1 aliphatic carbocycles. The van der Waals surface area contributed by atoms with Crippen LogP contribution in [0.4, 0.5) is 13.2 Å². The van der Waals surface area contributed by atoms with Crippen LogP contribution in [0.5, 0.6) is 5.75 Å². The van der Waals surface area contributed by atoms with Crippen molar-refractivity contribution in [1.29, 1.82) is 0 Å². The molecule has 198 valence electrons. The van der Waals surface area contributed by atoms with E-state index in [0.717, 1.165) is 13.1 Å². The van der Waals surface area contributed by atoms with Crippen molar-refractivity contribution in [2.45, 2.75) is 43.5 Å². The first kappa shape index (κ1) is 24.8. The van der Waals surface area contributed by atoms with Crippen LogP contribution in [0.15, 0.2) is 48.9 Å². The Morgan fingerprint density at radius 3 is 2.55 bits per heavy atom. The minimum Gasteiger partial charge on any atom is -0.435 e. The molecule has 4 aromatic rings. The highest BCUT2D eigenvalue weighted by Crippen LogP contribution is 2.47. The number of para-hydroxylation sites is 1. The zero-order chi connectivity index (χ0) is 26.6. The number of fused-ring (bicyclic) bond motifs is 3. The monoisotopic (exact) mass is 525 g/mol. The van der Waals surface area contributed by atoms with Gasteiger partial charge in [-0.25, -0.2) is 19.3 Å². The number of rotatable bonds is 5. The summed E-state index contributed by atoms with van der Waals surface area (Å²) in [4.78, 5) is 15.3. The number of imidazole rings is 1. The maximum Gasteiger partial charge on any atom is 0.387 e. The number of aliphatic hydroxyl groups excluding tert-OH is 1. The van der Waals surface area contributed by atoms with E-state index < -0.39 is 30.1 Å². The Labute approximate surface area is 216 Å². The molecule has 0 radical (unpaired) electrons. The number of likely N-dealkylation sites (tertiary alicyclic amines) is 1. The maximum absolute atomic E-state index is 15.2. The Morgan fingerprint density at radius 2 is 1.84 bits per heavy atom. The summed E-state index contributed by atoms with van der Waals surface area (Å²) in [6.07, 6.45) is 4.81. The summed E-state index contributed by atoms with van der Waals surface area (Å²) >= 11 is 0. The van der Waals surface area contributed by atoms with Gasteiger partial charge in [-0.2, -0.15) is 8.78 Å². The van der Waals surface area contributed by atoms with Gasteiger partial charge in [0.25, 0.3) is 0 Å². The summed E-state index contributed by atoms with van der Waals surface area (Å²) < 4.78 is 47.8. The molecular formula is C27H26F3N5O3. The number of benzene rings is 1. The fourth-order valence-electron chi connectivity index (χ4n) is 5.52. The Morgan fingerprint density at radius 1 is 1.13 bits per heavy atom. The van der Waals surface area contributed by atoms with Gasteiger partial charge in [0.2, 0.25) is 0 Å². The van der Waals surface area contributed by atoms with Crippen molar-refractivity contribution in [2.24, 2.45) is 0 Å². The lowest BCUT2D eigenvalue weighted by atomic mass is 9.90. The molecule has 0 bridgehead atoms. The second kappa shape index (κ2) is 9.33. The number of alkyl halides is 2. The van der Waals surface area contributed by atoms with Gasteiger partial charge in [-0.3, -0.25) is 0 Å². The molecule has 0 unspecified atom stereocenters. The normalized spacial score (nSPS) is 21.2. The van der Waals surface area contributed by atoms with Gasteiger partial charge in [-0.15, -0.1) is 0 Å². The summed E-state index contributed by atoms with van der Waals surface area (Å²) in [5.41, 5.74) is 1.20. The average molecular weight is 526 g/mol. The molecule has 11 heteroatoms. The number of aliphatic hydroxyl groups is 2. The second-order valence-electron chi connectivity index (χ2n) is 10.00. The molecule has 38 heavy (non-hydrogen) atoms. The van der Waals surface area contributed by atoms with Crippen molar-refractivity contribution in [3.63, 3.8) is 0 Å². The van der Waals surface area contributed by atoms with Gasteiger partial charge in [0.1, 0.15) is 22.8 Å². The van der Waals surface area contributed by atoms with Gasteiger partial charge in [0.15, 0.2) is 5.82 Å². The van der Waals surface area contributed by atoms with E-state index in [-0.39, 0.29) is 23.4 Å². The minimum atomic E-state index is -3.00. The van der Waals surface area contributed by atoms with Gasteiger partial charge in [-0.05, 0) is 32.4 Å². The van der Waals surface area contributed by atoms with Gasteiger partial charge in [0, 0.05) is 60.4 Å². The summed E-state index contributed by atoms with van der Waals surface area (Å²) in [6, 6.07) is 7.70. The Balaban J connectivity index is 1.40. The highest BCUT2D eigenvalue weighted by atomic mass is 19.3. The highest BCUT2D eigenvalue weighted by molar-refractivity contribution is 5.65. The molecule has 1 aromatic carbocycles. The number of hydrogen-bond donors (Lipinski definition) is 2. The standard InChI is InChI=1S/C27H26F3N5O3/c1-34-8-6-27(37,7-9-34)25-31-12-15(13-32-25)18-14-35-22(11-19(18)28)33-23-20(36)10-17(24(23)35)16-4-2-3-5-21(16)38-26(29)30/h2-5,11-14,17,20,26,36-37H,6-10H2,1H3/t17-,20-/m1/s1. The summed E-state index contributed by atoms with van der Waals surface area (Å²) in [5, 5.41) is 21.7. The lowest BCUT2D eigenvalue weighted by Gasteiger charge is -2.35. The molecule has 3 aromatic heterocycles. The van der Waals surface area contributed by atoms with Crippen LogP contribution in [0.1, 0.15) is 54.1 Å². The minimum absolute atomic E-state index is 0.0145. The van der Waals surface area contributed by atoms with E-state index in [4.69, 9.17) is 4.74 Å². The second-order valence-corrected chi connectivity index (χ2v) is 10.00. The quantitative estimate of drug-likeness (QED) is 0.407. The van der Waals surface area contributed by atoms with Crippen molar-refractivity contribution in [3.05, 3.63) is 77.5 Å². The number of nitrogens with zero attached hydrogens (tertiary/aromatic N) is 5. The number of halogens is 3. The first-order valence-corrected chi connectivity index (χ1v) is 12.4. The molecule has 0 amide bonds. The largest absolute Gasteiger partial charge is 0.435 e. The summed E-state index contributed by atoms with van der Waals surface area (Å²) in [7, 11) is 1.99. The molecule has 2 aliphatic rings. The molecule has 0 spiro atoms. The molecule has 0 saturated carbocycles. The van der Waals surface area contributed by atoms with Crippen molar-refractivity contribution < 1.29 is 28.1 Å². The third kappa shape index (κ3) is 4.20. The molecule has 1 aliphatic heterocycles. The van der Waals surface area contributed by atoms with Crippen LogP contribution in [0.3, 0.4) is 0 Å². The van der Waals surface area contributed by atoms with Crippen LogP contribution in [-0.4, -0.2) is 61.2 Å². The zero-order valence-corrected chi connectivity index (χ0v) is 20.6. The van der Waals surface area contributed by atoms with Gasteiger partial charge in [0.05, 0.1) is 17.5 Å². The molecule has 4 heterocycles. The van der Waals surface area contributed by atoms with Crippen LogP contribution in [-0.2, 0) is 5.60 Å². The van der Waals surface area contributed by atoms with Gasteiger partial charge >= 0.3 is 6.61 Å². The summed E-state index contributed by atoms with van der Waals surface area (Å²) in [6.45, 7) is -1.56. The van der Waals surface area contributed by atoms with Crippen molar-refractivity contribution in [3.8, 4) is 16.9 Å². The Kier molecular flexibility index (Phi) is 6.09. The van der Waals surface area contributed by atoms with E-state index in [1.165, 1.54) is 24.5 Å². The SMILES string of the molecule is CN1CCC(O)(c2ncc(-c3cn4c5c(nc4cc3F)[C@H](O)C[C@@H]5c3ccccc3OC(F)F)cn2)CC1. The van der Waals surface area contributed by atoms with E-state index in [9.17, 15) is 19.0 Å². The van der Waals surface area contributed by atoms with Crippen molar-refractivity contribution in [2.75, 3.05) is 20.1 Å². The molecule has 1 saturated heterocycles. The van der Waals surface area contributed by atoms with Crippen LogP contribution >= 0.6 is 0 Å². The number of hydrogen-bond acceptors (Lipinski definition) is 7. The fraction of sp³-hybridized carbons (Fsp3) is 0.370. The highest BCUT2D eigenvalue weighted by Gasteiger charge is 2.38. The lowest BCUT2D eigenvalue weighted by Crippen LogP contribution is -2.41. The Hall–Kier alpha value is -3.54. The predicted molar refractivity (Wildman–Crippen MR) is 131 cm³/mol. The number of ether oxygens (including phenoxy) is 1. The molecule has 6 rings (SSSR count). The number of piperidine rings is 1. The number of aromatic nitrogens is 4. The average Bonchev–Trinajstić information content (AvgIpc) is 3.42. The van der Waals surface area contributed by atoms with Crippen LogP contribution < -0.4 is 4.74 Å². The maximum atomic E-state index is 15.2. The van der Waals surface area contributed by atoms with E-state index in [0.29, 0.717) is 41.2 Å². The van der Waals surface area contributed by atoms with Crippen LogP contribution in [0.2, 0.25) is 0 Å². The van der Waals surface area contributed by atoms with Crippen molar-refractivity contribution in [1.82, 2.24) is 24.3 Å². The lowest BCUT2D eigenvalue weighted by molar-refractivity contribution is -0.0506. The molecule has 2 N–H and O–H groups in total. The zero-order valence-electron chi connectivity index (χ0n) is 20.6. The van der Waals surface area contributed by atoms with Gasteiger partial charge < -0.3 is 24.3 Å². The molecule has 2 atom stereocenters. The third-order valence-corrected chi connectivity index (χ3v) is 7.58. The molecule has 1 fully saturated rings. The van der Waals surface area contributed by atoms with Crippen LogP contribution in [0.25, 0.3) is 16.8 Å². The molecular weight excluding hydrogens is 499 g/mol. The van der Waals surface area contributed by atoms with Gasteiger partial charge in [-0.1, -0.05) is 18.2 Å². The number of pyridine rings is 1. The predicted octanol–water partition coefficient (Wildman–Crippen LogP) is 4.01. The van der Waals surface area contributed by atoms with E-state index in [1.54, 1.807) is 28.8 Å². The Bertz CT molecular complexity index is 1490. The summed E-state index contributed by atoms with van der Waals surface area (Å²) in [5.74, 6) is -0.734. The first-order valence-electron chi connectivity index (χ1n) is 12.4. The van der Waals surface area contributed by atoms with E-state index in [1.807, 2.05) is 7.05 Å².